The van der Waals surface area contributed by atoms with Gasteiger partial charge in [0.15, 0.2) is 0 Å². The van der Waals surface area contributed by atoms with Gasteiger partial charge in [0.25, 0.3) is 0 Å². The Labute approximate surface area is 118 Å². The highest BCUT2D eigenvalue weighted by Gasteiger charge is 2.11. The molecule has 0 saturated heterocycles. The number of rotatable bonds is 4. The number of ether oxygens (including phenoxy) is 1. The molecule has 0 aliphatic rings. The normalized spacial score (nSPS) is 12.5. The number of nitrogens with zero attached hydrogens (tertiary/aromatic N) is 1. The number of benzene rings is 1. The van der Waals surface area contributed by atoms with E-state index in [1.54, 1.807) is 12.4 Å². The van der Waals surface area contributed by atoms with Crippen molar-refractivity contribution in [2.75, 3.05) is 0 Å². The first kappa shape index (κ1) is 13.8. The lowest BCUT2D eigenvalue weighted by atomic mass is 10.0. The van der Waals surface area contributed by atoms with Crippen LogP contribution >= 0.6 is 11.6 Å². The van der Waals surface area contributed by atoms with E-state index >= 15 is 0 Å². The molecule has 0 amide bonds. The van der Waals surface area contributed by atoms with Crippen molar-refractivity contribution in [3.8, 4) is 5.75 Å². The van der Waals surface area contributed by atoms with Crippen LogP contribution in [0.5, 0.6) is 5.75 Å². The number of hydrogen-bond donors (Lipinski definition) is 1. The van der Waals surface area contributed by atoms with E-state index in [9.17, 15) is 0 Å². The van der Waals surface area contributed by atoms with Gasteiger partial charge in [0.2, 0.25) is 0 Å². The smallest absolute Gasteiger partial charge is 0.138 e. The third-order valence-electron chi connectivity index (χ3n) is 2.67. The van der Waals surface area contributed by atoms with Crippen molar-refractivity contribution in [2.45, 2.75) is 26.0 Å². The molecule has 0 aliphatic carbocycles. The monoisotopic (exact) mass is 276 g/mol. The first-order valence-electron chi connectivity index (χ1n) is 6.19. The molecule has 0 spiro atoms. The van der Waals surface area contributed by atoms with Gasteiger partial charge < -0.3 is 10.5 Å². The second kappa shape index (κ2) is 6.04. The Morgan fingerprint density at radius 3 is 2.63 bits per heavy atom. The molecule has 2 aromatic rings. The molecule has 0 radical (unpaired) electrons. The number of nitrogens with two attached hydrogens (primary N) is 1. The van der Waals surface area contributed by atoms with E-state index < -0.39 is 0 Å². The Bertz CT molecular complexity index is 557. The van der Waals surface area contributed by atoms with E-state index in [0.29, 0.717) is 5.02 Å². The van der Waals surface area contributed by atoms with Gasteiger partial charge in [0.05, 0.1) is 18.3 Å². The standard InChI is InChI=1S/C15H17ClN2O/c1-10(2)19-14-7-12(8-18-9-14)15(17)11-4-3-5-13(16)6-11/h3-10,15H,17H2,1-2H3. The predicted molar refractivity (Wildman–Crippen MR) is 77.5 cm³/mol. The minimum absolute atomic E-state index is 0.111. The molecular formula is C15H17ClN2O. The van der Waals surface area contributed by atoms with E-state index in [2.05, 4.69) is 4.98 Å². The highest BCUT2D eigenvalue weighted by Crippen LogP contribution is 2.24. The zero-order chi connectivity index (χ0) is 13.8. The van der Waals surface area contributed by atoms with Crippen LogP contribution in [0.15, 0.2) is 42.7 Å². The Morgan fingerprint density at radius 1 is 1.16 bits per heavy atom. The summed E-state index contributed by atoms with van der Waals surface area (Å²) in [5.41, 5.74) is 8.09. The third kappa shape index (κ3) is 3.69. The maximum Gasteiger partial charge on any atom is 0.138 e. The first-order chi connectivity index (χ1) is 9.06. The number of aromatic nitrogens is 1. The van der Waals surface area contributed by atoms with Crippen LogP contribution in [0.2, 0.25) is 5.02 Å². The maximum atomic E-state index is 6.23. The lowest BCUT2D eigenvalue weighted by Gasteiger charge is -2.15. The predicted octanol–water partition coefficient (Wildman–Crippen LogP) is 3.57. The van der Waals surface area contributed by atoms with Crippen molar-refractivity contribution in [3.05, 3.63) is 58.9 Å². The van der Waals surface area contributed by atoms with E-state index in [4.69, 9.17) is 22.1 Å². The molecule has 3 nitrogen and oxygen atoms in total. The summed E-state index contributed by atoms with van der Waals surface area (Å²) in [5.74, 6) is 0.727. The van der Waals surface area contributed by atoms with Crippen LogP contribution in [0.3, 0.4) is 0 Å². The molecule has 1 aromatic heterocycles. The van der Waals surface area contributed by atoms with Crippen LogP contribution < -0.4 is 10.5 Å². The largest absolute Gasteiger partial charge is 0.489 e. The molecule has 0 fully saturated rings. The van der Waals surface area contributed by atoms with E-state index in [1.807, 2.05) is 44.2 Å². The van der Waals surface area contributed by atoms with Gasteiger partial charge in [-0.25, -0.2) is 0 Å². The topological polar surface area (TPSA) is 48.1 Å². The Morgan fingerprint density at radius 2 is 1.95 bits per heavy atom. The lowest BCUT2D eigenvalue weighted by Crippen LogP contribution is -2.13. The Balaban J connectivity index is 2.26. The molecule has 100 valence electrons. The molecule has 19 heavy (non-hydrogen) atoms. The fraction of sp³-hybridized carbons (Fsp3) is 0.267. The average Bonchev–Trinajstić information content (AvgIpc) is 2.37. The summed E-state index contributed by atoms with van der Waals surface area (Å²) in [5, 5.41) is 0.676. The summed E-state index contributed by atoms with van der Waals surface area (Å²) in [6, 6.07) is 9.18. The van der Waals surface area contributed by atoms with Crippen LogP contribution in [-0.2, 0) is 0 Å². The van der Waals surface area contributed by atoms with Crippen LogP contribution in [0.1, 0.15) is 31.0 Å². The van der Waals surface area contributed by atoms with Gasteiger partial charge >= 0.3 is 0 Å². The molecule has 1 heterocycles. The highest BCUT2D eigenvalue weighted by atomic mass is 35.5. The fourth-order valence-corrected chi connectivity index (χ4v) is 2.03. The second-order valence-corrected chi connectivity index (χ2v) is 5.09. The van der Waals surface area contributed by atoms with Gasteiger partial charge in [-0.3, -0.25) is 4.98 Å². The molecule has 2 rings (SSSR count). The van der Waals surface area contributed by atoms with Crippen molar-refractivity contribution in [3.63, 3.8) is 0 Å². The van der Waals surface area contributed by atoms with Gasteiger partial charge in [-0.15, -0.1) is 0 Å². The highest BCUT2D eigenvalue weighted by molar-refractivity contribution is 6.30. The minimum Gasteiger partial charge on any atom is -0.489 e. The number of pyridine rings is 1. The SMILES string of the molecule is CC(C)Oc1cncc(C(N)c2cccc(Cl)c2)c1. The molecular weight excluding hydrogens is 260 g/mol. The molecule has 4 heteroatoms. The Hall–Kier alpha value is -1.58. The first-order valence-corrected chi connectivity index (χ1v) is 6.56. The van der Waals surface area contributed by atoms with Crippen molar-refractivity contribution >= 4 is 11.6 Å². The zero-order valence-electron chi connectivity index (χ0n) is 11.0. The summed E-state index contributed by atoms with van der Waals surface area (Å²) in [7, 11) is 0. The molecule has 2 N–H and O–H groups in total. The maximum absolute atomic E-state index is 6.23. The Kier molecular flexibility index (Phi) is 4.40. The summed E-state index contributed by atoms with van der Waals surface area (Å²) in [4.78, 5) is 4.17. The van der Waals surface area contributed by atoms with Gasteiger partial charge in [0.1, 0.15) is 5.75 Å². The number of halogens is 1. The van der Waals surface area contributed by atoms with Crippen molar-refractivity contribution in [1.29, 1.82) is 0 Å². The fourth-order valence-electron chi connectivity index (χ4n) is 1.83. The summed E-state index contributed by atoms with van der Waals surface area (Å²) in [6.45, 7) is 3.95. The van der Waals surface area contributed by atoms with Gasteiger partial charge in [-0.05, 0) is 43.2 Å². The van der Waals surface area contributed by atoms with Gasteiger partial charge in [0, 0.05) is 11.2 Å². The van der Waals surface area contributed by atoms with Crippen LogP contribution in [-0.4, -0.2) is 11.1 Å². The van der Waals surface area contributed by atoms with E-state index in [1.165, 1.54) is 0 Å². The van der Waals surface area contributed by atoms with Gasteiger partial charge in [-0.2, -0.15) is 0 Å². The van der Waals surface area contributed by atoms with E-state index in [0.717, 1.165) is 16.9 Å². The summed E-state index contributed by atoms with van der Waals surface area (Å²) in [6.07, 6.45) is 3.55. The molecule has 0 bridgehead atoms. The summed E-state index contributed by atoms with van der Waals surface area (Å²) < 4.78 is 5.62. The van der Waals surface area contributed by atoms with Gasteiger partial charge in [-0.1, -0.05) is 23.7 Å². The molecule has 1 aromatic carbocycles. The zero-order valence-corrected chi connectivity index (χ0v) is 11.8. The van der Waals surface area contributed by atoms with E-state index in [-0.39, 0.29) is 12.1 Å². The molecule has 0 saturated carbocycles. The minimum atomic E-state index is -0.262. The molecule has 0 aliphatic heterocycles. The molecule has 1 unspecified atom stereocenters. The quantitative estimate of drug-likeness (QED) is 0.929. The third-order valence-corrected chi connectivity index (χ3v) is 2.91. The average molecular weight is 277 g/mol. The molecule has 1 atom stereocenters. The summed E-state index contributed by atoms with van der Waals surface area (Å²) >= 11 is 5.98. The van der Waals surface area contributed by atoms with Crippen molar-refractivity contribution < 1.29 is 4.74 Å². The van der Waals surface area contributed by atoms with Crippen molar-refractivity contribution in [1.82, 2.24) is 4.98 Å². The second-order valence-electron chi connectivity index (χ2n) is 4.65. The lowest BCUT2D eigenvalue weighted by molar-refractivity contribution is 0.241. The number of hydrogen-bond acceptors (Lipinski definition) is 3. The van der Waals surface area contributed by atoms with Crippen LogP contribution in [0.25, 0.3) is 0 Å². The van der Waals surface area contributed by atoms with Crippen LogP contribution in [0.4, 0.5) is 0 Å². The van der Waals surface area contributed by atoms with Crippen molar-refractivity contribution in [2.24, 2.45) is 5.73 Å². The van der Waals surface area contributed by atoms with Crippen LogP contribution in [0, 0.1) is 0 Å².